The van der Waals surface area contributed by atoms with Crippen LogP contribution in [0.2, 0.25) is 5.02 Å². The largest absolute Gasteiger partial charge is 0.487 e. The Morgan fingerprint density at radius 3 is 2.37 bits per heavy atom. The molecule has 1 saturated heterocycles. The van der Waals surface area contributed by atoms with Crippen LogP contribution in [0.25, 0.3) is 6.08 Å². The fourth-order valence-electron chi connectivity index (χ4n) is 3.28. The third-order valence-electron chi connectivity index (χ3n) is 4.95. The first-order valence-corrected chi connectivity index (χ1v) is 12.8. The molecular formula is C24H15Br2ClN2O5S. The fourth-order valence-corrected chi connectivity index (χ4v) is 5.69. The zero-order valence-corrected chi connectivity index (χ0v) is 22.5. The van der Waals surface area contributed by atoms with Gasteiger partial charge in [-0.15, -0.1) is 0 Å². The molecule has 0 atom stereocenters. The van der Waals surface area contributed by atoms with Gasteiger partial charge in [0.15, 0.2) is 0 Å². The smallest absolute Gasteiger partial charge is 0.293 e. The summed E-state index contributed by atoms with van der Waals surface area (Å²) in [6.07, 6.45) is 1.65. The lowest BCUT2D eigenvalue weighted by Gasteiger charge is -2.13. The van der Waals surface area contributed by atoms with Gasteiger partial charge in [-0.25, -0.2) is 0 Å². The number of imide groups is 1. The van der Waals surface area contributed by atoms with Crippen molar-refractivity contribution in [3.8, 4) is 5.75 Å². The molecule has 178 valence electrons. The van der Waals surface area contributed by atoms with Crippen LogP contribution in [0.15, 0.2) is 74.5 Å². The van der Waals surface area contributed by atoms with Crippen LogP contribution >= 0.6 is 55.2 Å². The number of thioether (sulfide) groups is 1. The van der Waals surface area contributed by atoms with E-state index in [0.717, 1.165) is 17.3 Å². The maximum absolute atomic E-state index is 12.9. The molecule has 7 nitrogen and oxygen atoms in total. The van der Waals surface area contributed by atoms with Crippen LogP contribution in [0.4, 0.5) is 10.5 Å². The van der Waals surface area contributed by atoms with Gasteiger partial charge in [-0.3, -0.25) is 24.6 Å². The summed E-state index contributed by atoms with van der Waals surface area (Å²) in [6.45, 7) is 0.290. The molecule has 1 heterocycles. The van der Waals surface area contributed by atoms with Gasteiger partial charge in [0.2, 0.25) is 0 Å². The Kier molecular flexibility index (Phi) is 7.95. The van der Waals surface area contributed by atoms with Crippen molar-refractivity contribution in [2.24, 2.45) is 0 Å². The Morgan fingerprint density at radius 1 is 1.03 bits per heavy atom. The molecule has 0 radical (unpaired) electrons. The molecule has 35 heavy (non-hydrogen) atoms. The lowest BCUT2D eigenvalue weighted by atomic mass is 10.2. The van der Waals surface area contributed by atoms with Gasteiger partial charge in [0, 0.05) is 17.2 Å². The molecule has 0 bridgehead atoms. The molecule has 4 rings (SSSR count). The highest BCUT2D eigenvalue weighted by Crippen LogP contribution is 2.38. The van der Waals surface area contributed by atoms with Gasteiger partial charge in [0.05, 0.1) is 25.3 Å². The van der Waals surface area contributed by atoms with Crippen LogP contribution in [0.3, 0.4) is 0 Å². The molecule has 11 heteroatoms. The number of non-ortho nitro benzene ring substituents is 1. The van der Waals surface area contributed by atoms with Gasteiger partial charge < -0.3 is 4.74 Å². The van der Waals surface area contributed by atoms with E-state index in [1.54, 1.807) is 54.6 Å². The van der Waals surface area contributed by atoms with Crippen LogP contribution in [-0.2, 0) is 17.9 Å². The topological polar surface area (TPSA) is 89.7 Å². The molecule has 2 amide bonds. The van der Waals surface area contributed by atoms with Crippen LogP contribution in [-0.4, -0.2) is 21.0 Å². The van der Waals surface area contributed by atoms with Crippen molar-refractivity contribution in [3.63, 3.8) is 0 Å². The van der Waals surface area contributed by atoms with Crippen molar-refractivity contribution < 1.29 is 19.2 Å². The summed E-state index contributed by atoms with van der Waals surface area (Å²) in [7, 11) is 0. The molecule has 1 aliphatic heterocycles. The van der Waals surface area contributed by atoms with Crippen LogP contribution in [0, 0.1) is 10.1 Å². The van der Waals surface area contributed by atoms with Crippen molar-refractivity contribution in [1.82, 2.24) is 4.90 Å². The van der Waals surface area contributed by atoms with Gasteiger partial charge in [-0.1, -0.05) is 35.9 Å². The third kappa shape index (κ3) is 6.13. The second kappa shape index (κ2) is 10.9. The molecule has 0 unspecified atom stereocenters. The van der Waals surface area contributed by atoms with E-state index >= 15 is 0 Å². The van der Waals surface area contributed by atoms with Gasteiger partial charge in [0.25, 0.3) is 16.8 Å². The molecule has 0 N–H and O–H groups in total. The van der Waals surface area contributed by atoms with Crippen LogP contribution in [0.5, 0.6) is 5.75 Å². The van der Waals surface area contributed by atoms with Gasteiger partial charge in [-0.2, -0.15) is 0 Å². The molecule has 3 aromatic rings. The number of halogens is 3. The molecule has 3 aromatic carbocycles. The second-order valence-corrected chi connectivity index (χ2v) is 10.6. The number of hydrogen-bond acceptors (Lipinski definition) is 6. The number of nitro benzene ring substituents is 1. The minimum atomic E-state index is -0.457. The first-order chi connectivity index (χ1) is 16.7. The highest BCUT2D eigenvalue weighted by molar-refractivity contribution is 9.11. The standard InChI is InChI=1S/C24H15Br2ClN2O5S/c25-19-9-16(10-20(26)22(19)34-13-15-2-1-3-18(8-15)29(32)33)11-21-23(30)28(24(31)35-21)12-14-4-6-17(27)7-5-14/h1-11H,12-13H2/b21-11+. The van der Waals surface area contributed by atoms with E-state index in [2.05, 4.69) is 31.9 Å². The average molecular weight is 639 g/mol. The second-order valence-electron chi connectivity index (χ2n) is 7.42. The van der Waals surface area contributed by atoms with Crippen molar-refractivity contribution in [2.45, 2.75) is 13.2 Å². The molecule has 0 saturated carbocycles. The number of rotatable bonds is 7. The number of amides is 2. The molecule has 0 aliphatic carbocycles. The summed E-state index contributed by atoms with van der Waals surface area (Å²) in [5.41, 5.74) is 2.12. The molecular weight excluding hydrogens is 624 g/mol. The van der Waals surface area contributed by atoms with E-state index in [-0.39, 0.29) is 30.0 Å². The minimum absolute atomic E-state index is 0.00964. The lowest BCUT2D eigenvalue weighted by molar-refractivity contribution is -0.384. The minimum Gasteiger partial charge on any atom is -0.487 e. The van der Waals surface area contributed by atoms with Gasteiger partial charge >= 0.3 is 0 Å². The SMILES string of the molecule is O=C1S/C(=C/c2cc(Br)c(OCc3cccc([N+](=O)[O-])c3)c(Br)c2)C(=O)N1Cc1ccc(Cl)cc1. The molecule has 0 aromatic heterocycles. The van der Waals surface area contributed by atoms with Crippen molar-refractivity contribution in [1.29, 1.82) is 0 Å². The first-order valence-electron chi connectivity index (χ1n) is 10.1. The van der Waals surface area contributed by atoms with Crippen molar-refractivity contribution in [2.75, 3.05) is 0 Å². The Hall–Kier alpha value is -2.66. The molecule has 1 fully saturated rings. The van der Waals surface area contributed by atoms with Crippen LogP contribution in [0.1, 0.15) is 16.7 Å². The molecule has 0 spiro atoms. The van der Waals surface area contributed by atoms with E-state index in [4.69, 9.17) is 16.3 Å². The maximum atomic E-state index is 12.9. The Morgan fingerprint density at radius 2 is 1.71 bits per heavy atom. The number of nitro groups is 1. The number of carbonyl (C=O) groups is 2. The summed E-state index contributed by atoms with van der Waals surface area (Å²) in [5.74, 6) is 0.137. The normalized spacial score (nSPS) is 14.6. The highest BCUT2D eigenvalue weighted by atomic mass is 79.9. The summed E-state index contributed by atoms with van der Waals surface area (Å²) >= 11 is 13.7. The highest BCUT2D eigenvalue weighted by Gasteiger charge is 2.35. The number of nitrogens with zero attached hydrogens (tertiary/aromatic N) is 2. The van der Waals surface area contributed by atoms with Crippen molar-refractivity contribution in [3.05, 3.63) is 106 Å². The zero-order chi connectivity index (χ0) is 25.1. The number of carbonyl (C=O) groups excluding carboxylic acids is 2. The monoisotopic (exact) mass is 636 g/mol. The maximum Gasteiger partial charge on any atom is 0.293 e. The Balaban J connectivity index is 1.49. The van der Waals surface area contributed by atoms with E-state index < -0.39 is 4.92 Å². The lowest BCUT2D eigenvalue weighted by Crippen LogP contribution is -2.27. The van der Waals surface area contributed by atoms with Crippen LogP contribution < -0.4 is 4.74 Å². The number of hydrogen-bond donors (Lipinski definition) is 0. The van der Waals surface area contributed by atoms with E-state index in [1.165, 1.54) is 17.0 Å². The summed E-state index contributed by atoms with van der Waals surface area (Å²) < 4.78 is 7.09. The molecule has 1 aliphatic rings. The number of benzene rings is 3. The van der Waals surface area contributed by atoms with Gasteiger partial charge in [0.1, 0.15) is 12.4 Å². The van der Waals surface area contributed by atoms with E-state index in [1.807, 2.05) is 0 Å². The van der Waals surface area contributed by atoms with Crippen molar-refractivity contribution >= 4 is 78.1 Å². The summed E-state index contributed by atoms with van der Waals surface area (Å²) in [6, 6.07) is 16.7. The average Bonchev–Trinajstić information content (AvgIpc) is 3.07. The third-order valence-corrected chi connectivity index (χ3v) is 7.29. The summed E-state index contributed by atoms with van der Waals surface area (Å²) in [5, 5.41) is 11.2. The van der Waals surface area contributed by atoms with Gasteiger partial charge in [-0.05, 0) is 90.7 Å². The Labute approximate surface area is 226 Å². The predicted molar refractivity (Wildman–Crippen MR) is 142 cm³/mol. The Bertz CT molecular complexity index is 1340. The quantitative estimate of drug-likeness (QED) is 0.151. The van der Waals surface area contributed by atoms with E-state index in [0.29, 0.717) is 35.7 Å². The first kappa shape index (κ1) is 25.4. The number of ether oxygens (including phenoxy) is 1. The van der Waals surface area contributed by atoms with E-state index in [9.17, 15) is 19.7 Å². The zero-order valence-electron chi connectivity index (χ0n) is 17.7. The fraction of sp³-hybridized carbons (Fsp3) is 0.0833. The summed E-state index contributed by atoms with van der Waals surface area (Å²) in [4.78, 5) is 37.3. The predicted octanol–water partition coefficient (Wildman–Crippen LogP) is 7.59.